The topological polar surface area (TPSA) is 21.3 Å². The normalized spacial score (nSPS) is 10.3. The summed E-state index contributed by atoms with van der Waals surface area (Å²) in [6.45, 7) is 0.674. The van der Waals surface area contributed by atoms with E-state index < -0.39 is 0 Å². The van der Waals surface area contributed by atoms with Gasteiger partial charge in [0, 0.05) is 11.6 Å². The van der Waals surface area contributed by atoms with Gasteiger partial charge in [-0.2, -0.15) is 0 Å². The number of hydrogen-bond acceptors (Lipinski definition) is 2. The maximum atomic E-state index is 6.14. The summed E-state index contributed by atoms with van der Waals surface area (Å²) >= 11 is 12.0. The summed E-state index contributed by atoms with van der Waals surface area (Å²) in [6.07, 6.45) is 0. The molecule has 0 aliphatic rings. The van der Waals surface area contributed by atoms with E-state index >= 15 is 0 Å². The van der Waals surface area contributed by atoms with Crippen molar-refractivity contribution in [2.24, 2.45) is 0 Å². The summed E-state index contributed by atoms with van der Waals surface area (Å²) in [5.74, 6) is 1.63. The third-order valence-electron chi connectivity index (χ3n) is 3.32. The molecule has 23 heavy (non-hydrogen) atoms. The third-order valence-corrected chi connectivity index (χ3v) is 3.86. The van der Waals surface area contributed by atoms with Gasteiger partial charge in [0.05, 0.1) is 10.7 Å². The fourth-order valence-electron chi connectivity index (χ4n) is 2.13. The molecule has 0 saturated carbocycles. The minimum atomic E-state index is 0.613. The van der Waals surface area contributed by atoms with Gasteiger partial charge in [0.2, 0.25) is 0 Å². The van der Waals surface area contributed by atoms with Crippen LogP contribution < -0.4 is 10.1 Å². The molecule has 0 atom stereocenters. The quantitative estimate of drug-likeness (QED) is 0.578. The lowest BCUT2D eigenvalue weighted by atomic mass is 10.2. The van der Waals surface area contributed by atoms with Gasteiger partial charge in [-0.1, -0.05) is 53.5 Å². The Labute approximate surface area is 145 Å². The van der Waals surface area contributed by atoms with Gasteiger partial charge in [0.15, 0.2) is 0 Å². The Hall–Kier alpha value is -2.16. The van der Waals surface area contributed by atoms with Crippen LogP contribution in [0.3, 0.4) is 0 Å². The Bertz CT molecular complexity index is 773. The van der Waals surface area contributed by atoms with Crippen molar-refractivity contribution >= 4 is 28.9 Å². The third kappa shape index (κ3) is 4.41. The lowest BCUT2D eigenvalue weighted by molar-refractivity contribution is 0.482. The average molecular weight is 344 g/mol. The van der Waals surface area contributed by atoms with Crippen LogP contribution in [0.25, 0.3) is 0 Å². The van der Waals surface area contributed by atoms with E-state index in [1.54, 1.807) is 6.07 Å². The average Bonchev–Trinajstić information content (AvgIpc) is 2.56. The minimum absolute atomic E-state index is 0.613. The molecular formula is C19H15Cl2NO. The van der Waals surface area contributed by atoms with E-state index in [0.717, 1.165) is 22.7 Å². The van der Waals surface area contributed by atoms with Gasteiger partial charge in [-0.05, 0) is 48.0 Å². The molecule has 0 spiro atoms. The lowest BCUT2D eigenvalue weighted by Gasteiger charge is -2.10. The van der Waals surface area contributed by atoms with Crippen molar-refractivity contribution in [3.8, 4) is 11.5 Å². The molecule has 0 radical (unpaired) electrons. The van der Waals surface area contributed by atoms with Gasteiger partial charge in [-0.15, -0.1) is 0 Å². The van der Waals surface area contributed by atoms with Gasteiger partial charge >= 0.3 is 0 Å². The molecule has 0 bridgehead atoms. The van der Waals surface area contributed by atoms with Gasteiger partial charge in [-0.3, -0.25) is 0 Å². The monoisotopic (exact) mass is 343 g/mol. The Morgan fingerprint density at radius 3 is 2.17 bits per heavy atom. The van der Waals surface area contributed by atoms with Gasteiger partial charge in [0.25, 0.3) is 0 Å². The SMILES string of the molecule is Clc1ccc(NCc2ccc(Oc3ccccc3)cc2)c(Cl)c1. The summed E-state index contributed by atoms with van der Waals surface area (Å²) in [4.78, 5) is 0. The highest BCUT2D eigenvalue weighted by atomic mass is 35.5. The smallest absolute Gasteiger partial charge is 0.127 e. The second-order valence-corrected chi connectivity index (χ2v) is 5.88. The highest BCUT2D eigenvalue weighted by Gasteiger charge is 2.02. The Balaban J connectivity index is 1.61. The van der Waals surface area contributed by atoms with Crippen LogP contribution in [-0.2, 0) is 6.54 Å². The van der Waals surface area contributed by atoms with Crippen molar-refractivity contribution in [2.75, 3.05) is 5.32 Å². The van der Waals surface area contributed by atoms with Crippen LogP contribution in [0, 0.1) is 0 Å². The molecular weight excluding hydrogens is 329 g/mol. The lowest BCUT2D eigenvalue weighted by Crippen LogP contribution is -1.99. The second kappa shape index (κ2) is 7.40. The fourth-order valence-corrected chi connectivity index (χ4v) is 2.61. The van der Waals surface area contributed by atoms with Crippen LogP contribution in [0.4, 0.5) is 5.69 Å². The molecule has 0 amide bonds. The fraction of sp³-hybridized carbons (Fsp3) is 0.0526. The van der Waals surface area contributed by atoms with Crippen molar-refractivity contribution < 1.29 is 4.74 Å². The Morgan fingerprint density at radius 1 is 0.783 bits per heavy atom. The summed E-state index contributed by atoms with van der Waals surface area (Å²) < 4.78 is 5.77. The van der Waals surface area contributed by atoms with Crippen LogP contribution in [0.1, 0.15) is 5.56 Å². The van der Waals surface area contributed by atoms with Gasteiger partial charge < -0.3 is 10.1 Å². The van der Waals surface area contributed by atoms with E-state index in [0.29, 0.717) is 16.6 Å². The first-order valence-corrected chi connectivity index (χ1v) is 7.97. The second-order valence-electron chi connectivity index (χ2n) is 5.04. The Morgan fingerprint density at radius 2 is 1.48 bits per heavy atom. The minimum Gasteiger partial charge on any atom is -0.457 e. The molecule has 3 aromatic carbocycles. The number of halogens is 2. The summed E-state index contributed by atoms with van der Waals surface area (Å²) in [5, 5.41) is 4.53. The highest BCUT2D eigenvalue weighted by molar-refractivity contribution is 6.36. The maximum absolute atomic E-state index is 6.14. The molecule has 3 aromatic rings. The number of ether oxygens (including phenoxy) is 1. The predicted octanol–water partition coefficient (Wildman–Crippen LogP) is 6.40. The van der Waals surface area contributed by atoms with Crippen molar-refractivity contribution in [1.29, 1.82) is 0 Å². The molecule has 0 aromatic heterocycles. The number of hydrogen-bond donors (Lipinski definition) is 1. The van der Waals surface area contributed by atoms with E-state index in [-0.39, 0.29) is 0 Å². The van der Waals surface area contributed by atoms with Gasteiger partial charge in [0.1, 0.15) is 11.5 Å². The van der Waals surface area contributed by atoms with Crippen molar-refractivity contribution in [2.45, 2.75) is 6.54 Å². The maximum Gasteiger partial charge on any atom is 0.127 e. The first-order chi connectivity index (χ1) is 11.2. The highest BCUT2D eigenvalue weighted by Crippen LogP contribution is 2.26. The zero-order valence-electron chi connectivity index (χ0n) is 12.3. The van der Waals surface area contributed by atoms with E-state index in [9.17, 15) is 0 Å². The summed E-state index contributed by atoms with van der Waals surface area (Å²) in [6, 6.07) is 23.1. The van der Waals surface area contributed by atoms with E-state index in [1.807, 2.05) is 66.7 Å². The van der Waals surface area contributed by atoms with Crippen LogP contribution in [-0.4, -0.2) is 0 Å². The molecule has 0 aliphatic carbocycles. The van der Waals surface area contributed by atoms with E-state index in [1.165, 1.54) is 0 Å². The zero-order chi connectivity index (χ0) is 16.1. The number of benzene rings is 3. The van der Waals surface area contributed by atoms with Crippen molar-refractivity contribution in [1.82, 2.24) is 0 Å². The molecule has 0 aliphatic heterocycles. The first kappa shape index (κ1) is 15.7. The molecule has 4 heteroatoms. The molecule has 2 nitrogen and oxygen atoms in total. The van der Waals surface area contributed by atoms with Crippen LogP contribution in [0.2, 0.25) is 10.0 Å². The number of anilines is 1. The molecule has 1 N–H and O–H groups in total. The van der Waals surface area contributed by atoms with Crippen molar-refractivity contribution in [3.63, 3.8) is 0 Å². The molecule has 0 unspecified atom stereocenters. The van der Waals surface area contributed by atoms with E-state index in [2.05, 4.69) is 5.32 Å². The first-order valence-electron chi connectivity index (χ1n) is 7.21. The largest absolute Gasteiger partial charge is 0.457 e. The molecule has 3 rings (SSSR count). The zero-order valence-corrected chi connectivity index (χ0v) is 13.8. The van der Waals surface area contributed by atoms with E-state index in [4.69, 9.17) is 27.9 Å². The molecule has 0 heterocycles. The van der Waals surface area contributed by atoms with Crippen LogP contribution in [0.5, 0.6) is 11.5 Å². The standard InChI is InChI=1S/C19H15Cl2NO/c20-15-8-11-19(18(21)12-15)22-13-14-6-9-17(10-7-14)23-16-4-2-1-3-5-16/h1-12,22H,13H2. The molecule has 0 saturated heterocycles. The molecule has 116 valence electrons. The van der Waals surface area contributed by atoms with Crippen LogP contribution >= 0.6 is 23.2 Å². The number of para-hydroxylation sites is 1. The Kier molecular flexibility index (Phi) is 5.06. The summed E-state index contributed by atoms with van der Waals surface area (Å²) in [7, 11) is 0. The molecule has 0 fully saturated rings. The predicted molar refractivity (Wildman–Crippen MR) is 96.7 cm³/mol. The van der Waals surface area contributed by atoms with Crippen molar-refractivity contribution in [3.05, 3.63) is 88.4 Å². The van der Waals surface area contributed by atoms with Crippen LogP contribution in [0.15, 0.2) is 72.8 Å². The number of nitrogens with one attached hydrogen (secondary N) is 1. The van der Waals surface area contributed by atoms with Gasteiger partial charge in [-0.25, -0.2) is 0 Å². The summed E-state index contributed by atoms with van der Waals surface area (Å²) in [5.41, 5.74) is 2.00. The number of rotatable bonds is 5.